The van der Waals surface area contributed by atoms with Crippen LogP contribution in [-0.2, 0) is 20.4 Å². The lowest BCUT2D eigenvalue weighted by Crippen LogP contribution is -2.30. The molecule has 0 saturated carbocycles. The first-order valence-corrected chi connectivity index (χ1v) is 7.94. The van der Waals surface area contributed by atoms with Gasteiger partial charge in [0.05, 0.1) is 11.5 Å². The van der Waals surface area contributed by atoms with Gasteiger partial charge in [0, 0.05) is 29.4 Å². The fourth-order valence-corrected chi connectivity index (χ4v) is 2.68. The number of methoxy groups -OCH3 is 1. The quantitative estimate of drug-likeness (QED) is 0.843. The van der Waals surface area contributed by atoms with E-state index in [1.807, 2.05) is 13.8 Å². The van der Waals surface area contributed by atoms with Crippen LogP contribution in [0.3, 0.4) is 0 Å². The molecule has 0 radical (unpaired) electrons. The third-order valence-electron chi connectivity index (χ3n) is 2.31. The fraction of sp³-hybridized carbons (Fsp3) is 0.417. The Balaban J connectivity index is 3.22. The molecule has 1 rings (SSSR count). The summed E-state index contributed by atoms with van der Waals surface area (Å²) in [5.41, 5.74) is 0.659. The van der Waals surface area contributed by atoms with Gasteiger partial charge in [-0.25, -0.2) is 8.42 Å². The van der Waals surface area contributed by atoms with Crippen LogP contribution in [0.2, 0.25) is 0 Å². The van der Waals surface area contributed by atoms with E-state index in [1.165, 1.54) is 25.3 Å². The highest BCUT2D eigenvalue weighted by molar-refractivity contribution is 8.13. The highest BCUT2D eigenvalue weighted by Crippen LogP contribution is 2.22. The summed E-state index contributed by atoms with van der Waals surface area (Å²) in [6.07, 6.45) is 0. The number of hydrogen-bond donors (Lipinski definition) is 1. The number of carbonyl (C=O) groups is 1. The molecule has 106 valence electrons. The van der Waals surface area contributed by atoms with Gasteiger partial charge in [0.15, 0.2) is 0 Å². The molecule has 5 nitrogen and oxygen atoms in total. The zero-order valence-corrected chi connectivity index (χ0v) is 12.5. The second-order valence-electron chi connectivity index (χ2n) is 4.32. The molecule has 0 aliphatic rings. The summed E-state index contributed by atoms with van der Waals surface area (Å²) >= 11 is 0. The monoisotopic (exact) mass is 305 g/mol. The van der Waals surface area contributed by atoms with Crippen LogP contribution in [0.1, 0.15) is 29.8 Å². The van der Waals surface area contributed by atoms with E-state index in [2.05, 4.69) is 5.32 Å². The van der Waals surface area contributed by atoms with Crippen LogP contribution in [0.4, 0.5) is 0 Å². The molecule has 1 aromatic carbocycles. The van der Waals surface area contributed by atoms with Crippen LogP contribution in [-0.4, -0.2) is 27.5 Å². The molecule has 0 saturated heterocycles. The number of nitrogens with one attached hydrogen (secondary N) is 1. The van der Waals surface area contributed by atoms with Gasteiger partial charge in [-0.15, -0.1) is 0 Å². The van der Waals surface area contributed by atoms with Crippen molar-refractivity contribution in [3.8, 4) is 0 Å². The van der Waals surface area contributed by atoms with Crippen molar-refractivity contribution in [2.24, 2.45) is 0 Å². The summed E-state index contributed by atoms with van der Waals surface area (Å²) in [5.74, 6) is -0.347. The minimum absolute atomic E-state index is 0.0396. The van der Waals surface area contributed by atoms with Crippen LogP contribution < -0.4 is 5.32 Å². The Labute approximate surface area is 117 Å². The van der Waals surface area contributed by atoms with Gasteiger partial charge in [-0.2, -0.15) is 0 Å². The van der Waals surface area contributed by atoms with Crippen molar-refractivity contribution in [1.82, 2.24) is 5.32 Å². The molecule has 0 aliphatic carbocycles. The lowest BCUT2D eigenvalue weighted by molar-refractivity contribution is 0.0942. The average Bonchev–Trinajstić information content (AvgIpc) is 2.27. The molecule has 0 unspecified atom stereocenters. The smallest absolute Gasteiger partial charge is 0.261 e. The second-order valence-corrected chi connectivity index (χ2v) is 6.86. The third-order valence-corrected chi connectivity index (χ3v) is 3.72. The first kappa shape index (κ1) is 15.9. The lowest BCUT2D eigenvalue weighted by Gasteiger charge is -2.11. The molecule has 1 N–H and O–H groups in total. The molecule has 0 spiro atoms. The topological polar surface area (TPSA) is 72.5 Å². The molecule has 19 heavy (non-hydrogen) atoms. The van der Waals surface area contributed by atoms with Gasteiger partial charge in [-0.05, 0) is 31.5 Å². The first-order chi connectivity index (χ1) is 8.75. The van der Waals surface area contributed by atoms with Gasteiger partial charge in [0.1, 0.15) is 0 Å². The summed E-state index contributed by atoms with van der Waals surface area (Å²) in [7, 11) is 2.89. The first-order valence-electron chi connectivity index (χ1n) is 5.63. The van der Waals surface area contributed by atoms with Crippen LogP contribution >= 0.6 is 10.7 Å². The van der Waals surface area contributed by atoms with E-state index in [9.17, 15) is 13.2 Å². The highest BCUT2D eigenvalue weighted by Gasteiger charge is 2.18. The Morgan fingerprint density at radius 2 is 2.05 bits per heavy atom. The van der Waals surface area contributed by atoms with Crippen molar-refractivity contribution < 1.29 is 17.9 Å². The molecule has 0 atom stereocenters. The molecule has 1 amide bonds. The van der Waals surface area contributed by atoms with Crippen molar-refractivity contribution >= 4 is 25.6 Å². The van der Waals surface area contributed by atoms with Gasteiger partial charge in [-0.1, -0.05) is 6.07 Å². The maximum atomic E-state index is 11.8. The van der Waals surface area contributed by atoms with Crippen LogP contribution in [0.5, 0.6) is 0 Å². The summed E-state index contributed by atoms with van der Waals surface area (Å²) in [4.78, 5) is 11.7. The van der Waals surface area contributed by atoms with Crippen LogP contribution in [0.25, 0.3) is 0 Å². The Hall–Kier alpha value is -1.11. The van der Waals surface area contributed by atoms with E-state index in [0.29, 0.717) is 5.56 Å². The van der Waals surface area contributed by atoms with Crippen LogP contribution in [0, 0.1) is 0 Å². The Kier molecular flexibility index (Phi) is 5.34. The molecule has 7 heteroatoms. The minimum atomic E-state index is -3.93. The molecular weight excluding hydrogens is 290 g/mol. The highest BCUT2D eigenvalue weighted by atomic mass is 35.7. The standard InChI is InChI=1S/C12H16ClNO4S/c1-8(2)14-12(15)9-4-5-10(7-18-3)11(6-9)19(13,16)17/h4-6,8H,7H2,1-3H3,(H,14,15). The second kappa shape index (κ2) is 6.36. The summed E-state index contributed by atoms with van der Waals surface area (Å²) in [6, 6.07) is 4.28. The Morgan fingerprint density at radius 3 is 2.53 bits per heavy atom. The SMILES string of the molecule is COCc1ccc(C(=O)NC(C)C)cc1S(=O)(=O)Cl. The third kappa shape index (κ3) is 4.49. The van der Waals surface area contributed by atoms with Gasteiger partial charge in [-0.3, -0.25) is 4.79 Å². The van der Waals surface area contributed by atoms with Crippen LogP contribution in [0.15, 0.2) is 23.1 Å². The number of benzene rings is 1. The van der Waals surface area contributed by atoms with E-state index >= 15 is 0 Å². The van der Waals surface area contributed by atoms with Gasteiger partial charge >= 0.3 is 0 Å². The molecule has 0 fully saturated rings. The molecule has 0 heterocycles. The summed E-state index contributed by atoms with van der Waals surface area (Å²) in [6.45, 7) is 3.74. The van der Waals surface area contributed by atoms with E-state index in [0.717, 1.165) is 0 Å². The van der Waals surface area contributed by atoms with Gasteiger partial charge in [0.2, 0.25) is 0 Å². The number of amides is 1. The minimum Gasteiger partial charge on any atom is -0.380 e. The maximum Gasteiger partial charge on any atom is 0.261 e. The zero-order chi connectivity index (χ0) is 14.6. The molecule has 0 aliphatic heterocycles. The average molecular weight is 306 g/mol. The van der Waals surface area contributed by atoms with Crippen molar-refractivity contribution in [1.29, 1.82) is 0 Å². The van der Waals surface area contributed by atoms with Gasteiger partial charge < -0.3 is 10.1 Å². The number of rotatable bonds is 5. The number of hydrogen-bond acceptors (Lipinski definition) is 4. The van der Waals surface area contributed by atoms with E-state index in [-0.39, 0.29) is 29.0 Å². The van der Waals surface area contributed by atoms with E-state index < -0.39 is 9.05 Å². The normalized spacial score (nSPS) is 11.6. The van der Waals surface area contributed by atoms with Crippen molar-refractivity contribution in [3.63, 3.8) is 0 Å². The van der Waals surface area contributed by atoms with Crippen molar-refractivity contribution in [3.05, 3.63) is 29.3 Å². The largest absolute Gasteiger partial charge is 0.380 e. The zero-order valence-electron chi connectivity index (χ0n) is 10.9. The predicted molar refractivity (Wildman–Crippen MR) is 72.8 cm³/mol. The summed E-state index contributed by atoms with van der Waals surface area (Å²) in [5, 5.41) is 2.68. The van der Waals surface area contributed by atoms with Crippen molar-refractivity contribution in [2.75, 3.05) is 7.11 Å². The Morgan fingerprint density at radius 1 is 1.42 bits per heavy atom. The molecule has 1 aromatic rings. The summed E-state index contributed by atoms with van der Waals surface area (Å²) < 4.78 is 27.9. The van der Waals surface area contributed by atoms with Gasteiger partial charge in [0.25, 0.3) is 15.0 Å². The van der Waals surface area contributed by atoms with Crippen molar-refractivity contribution in [2.45, 2.75) is 31.4 Å². The molecule has 0 bridgehead atoms. The predicted octanol–water partition coefficient (Wildman–Crippen LogP) is 1.90. The van der Waals surface area contributed by atoms with E-state index in [4.69, 9.17) is 15.4 Å². The van der Waals surface area contributed by atoms with E-state index in [1.54, 1.807) is 0 Å². The number of carbonyl (C=O) groups excluding carboxylic acids is 1. The maximum absolute atomic E-state index is 11.8. The molecule has 0 aromatic heterocycles. The molecular formula is C12H16ClNO4S. The number of ether oxygens (including phenoxy) is 1. The lowest BCUT2D eigenvalue weighted by atomic mass is 10.1. The number of halogens is 1. The Bertz CT molecular complexity index is 569. The fourth-order valence-electron chi connectivity index (χ4n) is 1.54.